The number of nitrogens with zero attached hydrogens (tertiary/aromatic N) is 6. The van der Waals surface area contributed by atoms with Gasteiger partial charge in [0.1, 0.15) is 0 Å². The van der Waals surface area contributed by atoms with Gasteiger partial charge >= 0.3 is 0 Å². The Hall–Kier alpha value is -8.74. The lowest BCUT2D eigenvalue weighted by molar-refractivity contribution is 0.854. The SMILES string of the molecule is C=N/C=C\C=C(/C)c1ccc(-c2nc(-c3ccc(C4C=CC=CC4)cc3)nc(-c3cc(-c4ccc(-c5cc6ccccc6c6ccccc56)cc4)cc(-c4cnc5ccccc5n4)c3)n2)cc1. The second kappa shape index (κ2) is 18.0. The molecule has 67 heavy (non-hydrogen) atoms. The van der Waals surface area contributed by atoms with E-state index in [1.54, 1.807) is 6.20 Å². The minimum absolute atomic E-state index is 0.337. The molecule has 6 nitrogen and oxygen atoms in total. The zero-order chi connectivity index (χ0) is 45.1. The van der Waals surface area contributed by atoms with E-state index < -0.39 is 0 Å². The van der Waals surface area contributed by atoms with Crippen molar-refractivity contribution in [1.29, 1.82) is 0 Å². The maximum Gasteiger partial charge on any atom is 0.164 e. The molecule has 0 saturated heterocycles. The fourth-order valence-corrected chi connectivity index (χ4v) is 9.00. The molecule has 0 N–H and O–H groups in total. The first-order chi connectivity index (χ1) is 33.0. The average molecular weight is 861 g/mol. The zero-order valence-corrected chi connectivity index (χ0v) is 37.0. The molecule has 0 radical (unpaired) electrons. The number of hydrogen-bond acceptors (Lipinski definition) is 6. The van der Waals surface area contributed by atoms with Crippen LogP contribution in [0.2, 0.25) is 0 Å². The summed E-state index contributed by atoms with van der Waals surface area (Å²) in [5.74, 6) is 2.07. The molecule has 1 aliphatic carbocycles. The highest BCUT2D eigenvalue weighted by Gasteiger charge is 2.18. The van der Waals surface area contributed by atoms with Crippen LogP contribution in [0.1, 0.15) is 30.4 Å². The minimum atomic E-state index is 0.337. The van der Waals surface area contributed by atoms with Crippen LogP contribution in [-0.2, 0) is 0 Å². The van der Waals surface area contributed by atoms with E-state index in [1.807, 2.05) is 42.6 Å². The molecule has 318 valence electrons. The van der Waals surface area contributed by atoms with Gasteiger partial charge in [0, 0.05) is 34.4 Å². The van der Waals surface area contributed by atoms with Crippen molar-refractivity contribution in [2.75, 3.05) is 0 Å². The van der Waals surface area contributed by atoms with Crippen molar-refractivity contribution in [1.82, 2.24) is 24.9 Å². The van der Waals surface area contributed by atoms with Crippen molar-refractivity contribution in [2.45, 2.75) is 19.3 Å². The lowest BCUT2D eigenvalue weighted by atomic mass is 9.92. The molecule has 6 heteroatoms. The summed E-state index contributed by atoms with van der Waals surface area (Å²) in [6, 6.07) is 59.9. The van der Waals surface area contributed by atoms with Crippen molar-refractivity contribution in [3.05, 3.63) is 230 Å². The number of fused-ring (bicyclic) bond motifs is 4. The summed E-state index contributed by atoms with van der Waals surface area (Å²) in [4.78, 5) is 29.4. The third-order valence-corrected chi connectivity index (χ3v) is 12.6. The van der Waals surface area contributed by atoms with E-state index in [9.17, 15) is 0 Å². The third kappa shape index (κ3) is 8.40. The molecule has 10 aromatic rings. The van der Waals surface area contributed by atoms with Gasteiger partial charge in [-0.05, 0) is 123 Å². The van der Waals surface area contributed by atoms with Crippen LogP contribution in [0, 0.1) is 0 Å². The number of aliphatic imine (C=N–C) groups is 1. The molecule has 0 fully saturated rings. The topological polar surface area (TPSA) is 76.8 Å². The summed E-state index contributed by atoms with van der Waals surface area (Å²) in [6.45, 7) is 5.62. The number of allylic oxidation sites excluding steroid dienone is 7. The largest absolute Gasteiger partial charge is 0.273 e. The summed E-state index contributed by atoms with van der Waals surface area (Å²) < 4.78 is 0. The van der Waals surface area contributed by atoms with E-state index in [1.165, 1.54) is 32.7 Å². The van der Waals surface area contributed by atoms with Crippen LogP contribution in [0.5, 0.6) is 0 Å². The molecule has 0 spiro atoms. The molecule has 1 aliphatic rings. The molecule has 1 unspecified atom stereocenters. The highest BCUT2D eigenvalue weighted by Crippen LogP contribution is 2.38. The van der Waals surface area contributed by atoms with E-state index in [2.05, 4.69) is 189 Å². The Morgan fingerprint density at radius 1 is 0.552 bits per heavy atom. The molecular weight excluding hydrogens is 817 g/mol. The Morgan fingerprint density at radius 2 is 1.16 bits per heavy atom. The standard InChI is InChI=1S/C61H44N6/c1-40(13-12-34-62-2)41-22-30-46(31-23-41)59-65-60(47-32-26-43(27-33-47)42-14-4-3-5-15-42)67-61(66-59)51-36-49(35-50(37-51)58-39-63-56-20-10-11-21-57(56)64-58)44-24-28-45(29-25-44)55-38-48-16-6-7-17-52(48)53-18-8-9-19-54(53)55/h3-14,16-39,42H,2,15H2,1H3/b34-12-,40-13+. The van der Waals surface area contributed by atoms with Gasteiger partial charge in [0.15, 0.2) is 17.5 Å². The van der Waals surface area contributed by atoms with Crippen molar-refractivity contribution in [2.24, 2.45) is 4.99 Å². The Morgan fingerprint density at radius 3 is 1.90 bits per heavy atom. The lowest BCUT2D eigenvalue weighted by Crippen LogP contribution is -2.01. The Bertz CT molecular complexity index is 3620. The molecule has 0 amide bonds. The predicted octanol–water partition coefficient (Wildman–Crippen LogP) is 15.3. The Balaban J connectivity index is 1.05. The van der Waals surface area contributed by atoms with Gasteiger partial charge in [0.2, 0.25) is 0 Å². The van der Waals surface area contributed by atoms with Crippen LogP contribution in [0.25, 0.3) is 106 Å². The van der Waals surface area contributed by atoms with Gasteiger partial charge in [-0.15, -0.1) is 0 Å². The molecule has 2 aromatic heterocycles. The molecule has 2 heterocycles. The van der Waals surface area contributed by atoms with E-state index in [0.29, 0.717) is 23.4 Å². The molecule has 8 aromatic carbocycles. The highest BCUT2D eigenvalue weighted by molar-refractivity contribution is 6.13. The lowest BCUT2D eigenvalue weighted by Gasteiger charge is -2.15. The summed E-state index contributed by atoms with van der Waals surface area (Å²) >= 11 is 0. The Labute approximate surface area is 389 Å². The first kappa shape index (κ1) is 41.0. The van der Waals surface area contributed by atoms with Crippen molar-refractivity contribution < 1.29 is 0 Å². The normalized spacial score (nSPS) is 13.8. The molecular formula is C61H44N6. The van der Waals surface area contributed by atoms with Gasteiger partial charge < -0.3 is 0 Å². The monoisotopic (exact) mass is 860 g/mol. The molecule has 0 bridgehead atoms. The summed E-state index contributed by atoms with van der Waals surface area (Å²) in [5, 5.41) is 4.95. The van der Waals surface area contributed by atoms with E-state index in [-0.39, 0.29) is 0 Å². The van der Waals surface area contributed by atoms with Crippen LogP contribution >= 0.6 is 0 Å². The van der Waals surface area contributed by atoms with Gasteiger partial charge in [-0.25, -0.2) is 19.9 Å². The van der Waals surface area contributed by atoms with E-state index in [0.717, 1.165) is 73.2 Å². The second-order valence-corrected chi connectivity index (χ2v) is 16.8. The van der Waals surface area contributed by atoms with Crippen LogP contribution in [-0.4, -0.2) is 31.6 Å². The predicted molar refractivity (Wildman–Crippen MR) is 279 cm³/mol. The van der Waals surface area contributed by atoms with Crippen molar-refractivity contribution >= 4 is 44.9 Å². The number of rotatable bonds is 10. The quantitative estimate of drug-likeness (QED) is 0.0778. The number of benzene rings is 8. The fourth-order valence-electron chi connectivity index (χ4n) is 9.00. The first-order valence-electron chi connectivity index (χ1n) is 22.5. The molecule has 11 rings (SSSR count). The van der Waals surface area contributed by atoms with Crippen LogP contribution < -0.4 is 0 Å². The maximum atomic E-state index is 5.24. The summed E-state index contributed by atoms with van der Waals surface area (Å²) in [6.07, 6.45) is 17.1. The van der Waals surface area contributed by atoms with Gasteiger partial charge in [0.25, 0.3) is 0 Å². The van der Waals surface area contributed by atoms with Gasteiger partial charge in [0.05, 0.1) is 22.9 Å². The maximum absolute atomic E-state index is 5.24. The van der Waals surface area contributed by atoms with Gasteiger partial charge in [-0.1, -0.05) is 164 Å². The number of hydrogen-bond donors (Lipinski definition) is 0. The minimum Gasteiger partial charge on any atom is -0.273 e. The Kier molecular flexibility index (Phi) is 11.0. The smallest absolute Gasteiger partial charge is 0.164 e. The van der Waals surface area contributed by atoms with Crippen LogP contribution in [0.4, 0.5) is 0 Å². The van der Waals surface area contributed by atoms with E-state index >= 15 is 0 Å². The second-order valence-electron chi connectivity index (χ2n) is 16.8. The zero-order valence-electron chi connectivity index (χ0n) is 37.0. The van der Waals surface area contributed by atoms with Crippen LogP contribution in [0.3, 0.4) is 0 Å². The van der Waals surface area contributed by atoms with Gasteiger partial charge in [-0.3, -0.25) is 9.98 Å². The van der Waals surface area contributed by atoms with Crippen LogP contribution in [0.15, 0.2) is 224 Å². The van der Waals surface area contributed by atoms with Gasteiger partial charge in [-0.2, -0.15) is 0 Å². The number of aromatic nitrogens is 5. The van der Waals surface area contributed by atoms with Crippen molar-refractivity contribution in [3.63, 3.8) is 0 Å². The van der Waals surface area contributed by atoms with Crippen molar-refractivity contribution in [3.8, 4) is 67.7 Å². The van der Waals surface area contributed by atoms with E-state index in [4.69, 9.17) is 24.9 Å². The molecule has 0 aliphatic heterocycles. The summed E-state index contributed by atoms with van der Waals surface area (Å²) in [7, 11) is 0. The third-order valence-electron chi connectivity index (χ3n) is 12.6. The summed E-state index contributed by atoms with van der Waals surface area (Å²) in [5.41, 5.74) is 13.8. The number of para-hydroxylation sites is 2. The highest BCUT2D eigenvalue weighted by atomic mass is 15.0. The fraction of sp³-hybridized carbons (Fsp3) is 0.0492. The average Bonchev–Trinajstić information content (AvgIpc) is 3.40. The first-order valence-corrected chi connectivity index (χ1v) is 22.5. The molecule has 1 atom stereocenters. The molecule has 0 saturated carbocycles.